The van der Waals surface area contributed by atoms with Gasteiger partial charge in [0, 0.05) is 36.7 Å². The van der Waals surface area contributed by atoms with Crippen molar-refractivity contribution in [3.63, 3.8) is 0 Å². The Balaban J connectivity index is 2.42. The minimum Gasteiger partial charge on any atom is -0.311 e. The van der Waals surface area contributed by atoms with E-state index in [0.29, 0.717) is 0 Å². The number of rotatable bonds is 1. The first-order valence-corrected chi connectivity index (χ1v) is 6.70. The zero-order chi connectivity index (χ0) is 12.4. The van der Waals surface area contributed by atoms with Crippen molar-refractivity contribution in [2.24, 2.45) is 0 Å². The summed E-state index contributed by atoms with van der Waals surface area (Å²) in [5, 5.41) is 0. The third-order valence-electron chi connectivity index (χ3n) is 3.19. The normalized spacial score (nSPS) is 16.5. The molecule has 0 radical (unpaired) electrons. The van der Waals surface area contributed by atoms with E-state index in [1.54, 1.807) is 6.92 Å². The summed E-state index contributed by atoms with van der Waals surface area (Å²) >= 11 is 3.49. The molecule has 0 bridgehead atoms. The number of likely N-dealkylation sites (N-methyl/N-ethyl adjacent to an activating group) is 1. The molecule has 3 nitrogen and oxygen atoms in total. The Hall–Kier alpha value is -0.870. The molecule has 4 heteroatoms. The van der Waals surface area contributed by atoms with Crippen molar-refractivity contribution in [1.82, 2.24) is 4.90 Å². The zero-order valence-corrected chi connectivity index (χ0v) is 11.8. The number of amides is 1. The fourth-order valence-electron chi connectivity index (χ4n) is 2.22. The van der Waals surface area contributed by atoms with Gasteiger partial charge in [-0.3, -0.25) is 9.69 Å². The van der Waals surface area contributed by atoms with Gasteiger partial charge in [0.1, 0.15) is 0 Å². The predicted molar refractivity (Wildman–Crippen MR) is 73.1 cm³/mol. The molecule has 0 atom stereocenters. The first kappa shape index (κ1) is 12.6. The quantitative estimate of drug-likeness (QED) is 0.795. The third kappa shape index (κ3) is 2.69. The van der Waals surface area contributed by atoms with Gasteiger partial charge in [0.25, 0.3) is 0 Å². The highest BCUT2D eigenvalue weighted by Gasteiger charge is 2.21. The van der Waals surface area contributed by atoms with Gasteiger partial charge in [-0.05, 0) is 30.3 Å². The van der Waals surface area contributed by atoms with E-state index in [0.717, 1.165) is 36.3 Å². The van der Waals surface area contributed by atoms with Crippen LogP contribution < -0.4 is 4.90 Å². The third-order valence-corrected chi connectivity index (χ3v) is 3.69. The molecule has 1 aromatic rings. The zero-order valence-electron chi connectivity index (χ0n) is 10.2. The molecular formula is C13H17BrN2O. The van der Waals surface area contributed by atoms with E-state index in [2.05, 4.69) is 33.8 Å². The fourth-order valence-corrected chi connectivity index (χ4v) is 2.63. The van der Waals surface area contributed by atoms with Crippen LogP contribution in [0.5, 0.6) is 0 Å². The average Bonchev–Trinajstić information content (AvgIpc) is 2.47. The highest BCUT2D eigenvalue weighted by molar-refractivity contribution is 9.10. The van der Waals surface area contributed by atoms with E-state index in [4.69, 9.17) is 0 Å². The van der Waals surface area contributed by atoms with E-state index >= 15 is 0 Å². The Morgan fingerprint density at radius 1 is 1.41 bits per heavy atom. The number of fused-ring (bicyclic) bond motifs is 1. The average molecular weight is 297 g/mol. The summed E-state index contributed by atoms with van der Waals surface area (Å²) in [6.07, 6.45) is 0. The highest BCUT2D eigenvalue weighted by atomic mass is 79.9. The van der Waals surface area contributed by atoms with Gasteiger partial charge in [0.2, 0.25) is 5.91 Å². The number of hydrogen-bond donors (Lipinski definition) is 0. The first-order chi connectivity index (χ1) is 8.11. The lowest BCUT2D eigenvalue weighted by Crippen LogP contribution is -2.34. The Kier molecular flexibility index (Phi) is 3.84. The van der Waals surface area contributed by atoms with E-state index in [1.807, 2.05) is 17.0 Å². The number of halogens is 1. The van der Waals surface area contributed by atoms with Crippen LogP contribution in [-0.4, -0.2) is 30.4 Å². The molecule has 0 aromatic heterocycles. The molecule has 1 aliphatic rings. The van der Waals surface area contributed by atoms with Gasteiger partial charge in [0.05, 0.1) is 0 Å². The maximum atomic E-state index is 11.7. The minimum absolute atomic E-state index is 0.117. The van der Waals surface area contributed by atoms with Crippen LogP contribution in [0.3, 0.4) is 0 Å². The summed E-state index contributed by atoms with van der Waals surface area (Å²) in [5.74, 6) is 0.117. The molecule has 0 aliphatic carbocycles. The van der Waals surface area contributed by atoms with Crippen molar-refractivity contribution < 1.29 is 4.79 Å². The minimum atomic E-state index is 0.117. The van der Waals surface area contributed by atoms with Gasteiger partial charge in [-0.1, -0.05) is 22.9 Å². The maximum absolute atomic E-state index is 11.7. The highest BCUT2D eigenvalue weighted by Crippen LogP contribution is 2.28. The van der Waals surface area contributed by atoms with Crippen molar-refractivity contribution in [3.8, 4) is 0 Å². The molecule has 0 fully saturated rings. The largest absolute Gasteiger partial charge is 0.311 e. The van der Waals surface area contributed by atoms with Crippen LogP contribution in [0.2, 0.25) is 0 Å². The summed E-state index contributed by atoms with van der Waals surface area (Å²) in [7, 11) is 0. The molecule has 1 heterocycles. The number of anilines is 1. The van der Waals surface area contributed by atoms with Gasteiger partial charge in [0.15, 0.2) is 0 Å². The van der Waals surface area contributed by atoms with E-state index < -0.39 is 0 Å². The second-order valence-electron chi connectivity index (χ2n) is 4.31. The van der Waals surface area contributed by atoms with Crippen LogP contribution in [0.15, 0.2) is 22.7 Å². The van der Waals surface area contributed by atoms with Crippen molar-refractivity contribution in [2.75, 3.05) is 24.5 Å². The number of carbonyl (C=O) groups excluding carboxylic acids is 1. The van der Waals surface area contributed by atoms with Crippen LogP contribution >= 0.6 is 15.9 Å². The molecule has 1 amide bonds. The van der Waals surface area contributed by atoms with Crippen molar-refractivity contribution >= 4 is 27.5 Å². The fraction of sp³-hybridized carbons (Fsp3) is 0.462. The van der Waals surface area contributed by atoms with Crippen molar-refractivity contribution in [3.05, 3.63) is 28.2 Å². The number of nitrogens with zero attached hydrogens (tertiary/aromatic N) is 2. The molecule has 0 spiro atoms. The lowest BCUT2D eigenvalue weighted by Gasteiger charge is -2.21. The summed E-state index contributed by atoms with van der Waals surface area (Å²) in [5.41, 5.74) is 2.27. The SMILES string of the molecule is CCN1CCN(C(C)=O)c2ccc(Br)cc2C1. The lowest BCUT2D eigenvalue weighted by molar-refractivity contribution is -0.116. The smallest absolute Gasteiger partial charge is 0.223 e. The molecule has 1 aliphatic heterocycles. The van der Waals surface area contributed by atoms with Crippen LogP contribution in [0.25, 0.3) is 0 Å². The van der Waals surface area contributed by atoms with Gasteiger partial charge in [-0.15, -0.1) is 0 Å². The molecule has 17 heavy (non-hydrogen) atoms. The predicted octanol–water partition coefficient (Wildman–Crippen LogP) is 2.64. The Bertz CT molecular complexity index is 433. The topological polar surface area (TPSA) is 23.6 Å². The van der Waals surface area contributed by atoms with E-state index in [-0.39, 0.29) is 5.91 Å². The molecule has 1 aromatic carbocycles. The van der Waals surface area contributed by atoms with Gasteiger partial charge in [-0.25, -0.2) is 0 Å². The van der Waals surface area contributed by atoms with Gasteiger partial charge < -0.3 is 4.90 Å². The van der Waals surface area contributed by atoms with Crippen molar-refractivity contribution in [1.29, 1.82) is 0 Å². The first-order valence-electron chi connectivity index (χ1n) is 5.90. The summed E-state index contributed by atoms with van der Waals surface area (Å²) in [6, 6.07) is 6.13. The van der Waals surface area contributed by atoms with E-state index in [9.17, 15) is 4.79 Å². The molecule has 92 valence electrons. The van der Waals surface area contributed by atoms with Crippen LogP contribution in [0.4, 0.5) is 5.69 Å². The molecule has 0 N–H and O–H groups in total. The molecular weight excluding hydrogens is 280 g/mol. The Morgan fingerprint density at radius 3 is 2.82 bits per heavy atom. The Labute approximate surface area is 111 Å². The number of benzene rings is 1. The maximum Gasteiger partial charge on any atom is 0.223 e. The van der Waals surface area contributed by atoms with Crippen LogP contribution in [0.1, 0.15) is 19.4 Å². The second kappa shape index (κ2) is 5.19. The van der Waals surface area contributed by atoms with Gasteiger partial charge in [-0.2, -0.15) is 0 Å². The van der Waals surface area contributed by atoms with Crippen LogP contribution in [0, 0.1) is 0 Å². The van der Waals surface area contributed by atoms with Crippen LogP contribution in [-0.2, 0) is 11.3 Å². The van der Waals surface area contributed by atoms with Crippen molar-refractivity contribution in [2.45, 2.75) is 20.4 Å². The Morgan fingerprint density at radius 2 is 2.18 bits per heavy atom. The summed E-state index contributed by atoms with van der Waals surface area (Å²) in [6.45, 7) is 7.42. The summed E-state index contributed by atoms with van der Waals surface area (Å²) in [4.78, 5) is 15.9. The monoisotopic (exact) mass is 296 g/mol. The standard InChI is InChI=1S/C13H17BrN2O/c1-3-15-6-7-16(10(2)17)13-5-4-12(14)8-11(13)9-15/h4-5,8H,3,6-7,9H2,1-2H3. The second-order valence-corrected chi connectivity index (χ2v) is 5.23. The summed E-state index contributed by atoms with van der Waals surface area (Å²) < 4.78 is 1.07. The number of carbonyl (C=O) groups is 1. The lowest BCUT2D eigenvalue weighted by atomic mass is 10.1. The molecule has 0 saturated carbocycles. The molecule has 0 saturated heterocycles. The molecule has 2 rings (SSSR count). The molecule has 0 unspecified atom stereocenters. The van der Waals surface area contributed by atoms with E-state index in [1.165, 1.54) is 5.56 Å². The van der Waals surface area contributed by atoms with Gasteiger partial charge >= 0.3 is 0 Å². The number of hydrogen-bond acceptors (Lipinski definition) is 2.